The van der Waals surface area contributed by atoms with E-state index in [4.69, 9.17) is 9.47 Å². The van der Waals surface area contributed by atoms with E-state index in [0.717, 1.165) is 51.6 Å². The standard InChI is InChI=1S/C25H26FN5O2/c1-14-4-6-19(26)25-24(14)18(15(2)28-25)8-9-27-22-13-23(30-16(3)29-22)31-17-5-7-20-21(12-17)33-11-10-32-20/h4-7,12-13,28H,8-11H2,1-3H3,(H2,27,29,30,31). The van der Waals surface area contributed by atoms with E-state index in [1.54, 1.807) is 0 Å². The Morgan fingerprint density at radius 3 is 2.61 bits per heavy atom. The van der Waals surface area contributed by atoms with Gasteiger partial charge in [0.2, 0.25) is 0 Å². The summed E-state index contributed by atoms with van der Waals surface area (Å²) in [6, 6.07) is 10.9. The maximum Gasteiger partial charge on any atom is 0.163 e. The molecule has 0 saturated carbocycles. The Kier molecular flexibility index (Phi) is 5.50. The van der Waals surface area contributed by atoms with Gasteiger partial charge in [0, 0.05) is 35.4 Å². The summed E-state index contributed by atoms with van der Waals surface area (Å²) < 4.78 is 25.5. The zero-order chi connectivity index (χ0) is 22.9. The lowest BCUT2D eigenvalue weighted by Gasteiger charge is -2.19. The summed E-state index contributed by atoms with van der Waals surface area (Å²) in [5.74, 6) is 3.30. The number of hydrogen-bond acceptors (Lipinski definition) is 6. The van der Waals surface area contributed by atoms with Crippen LogP contribution in [0.3, 0.4) is 0 Å². The average molecular weight is 448 g/mol. The molecular weight excluding hydrogens is 421 g/mol. The van der Waals surface area contributed by atoms with Gasteiger partial charge >= 0.3 is 0 Å². The van der Waals surface area contributed by atoms with Gasteiger partial charge in [-0.25, -0.2) is 14.4 Å². The van der Waals surface area contributed by atoms with Gasteiger partial charge in [-0.2, -0.15) is 0 Å². The van der Waals surface area contributed by atoms with Crippen molar-refractivity contribution in [2.75, 3.05) is 30.4 Å². The van der Waals surface area contributed by atoms with Crippen LogP contribution in [0.25, 0.3) is 10.9 Å². The number of halogens is 1. The molecular formula is C25H26FN5O2. The van der Waals surface area contributed by atoms with Gasteiger partial charge in [-0.3, -0.25) is 0 Å². The third kappa shape index (κ3) is 4.28. The van der Waals surface area contributed by atoms with Crippen LogP contribution in [0.1, 0.15) is 22.6 Å². The number of aromatic amines is 1. The molecule has 33 heavy (non-hydrogen) atoms. The monoisotopic (exact) mass is 447 g/mol. The molecule has 1 aliphatic heterocycles. The minimum atomic E-state index is -0.223. The van der Waals surface area contributed by atoms with Crippen molar-refractivity contribution in [3.05, 3.63) is 64.9 Å². The molecule has 0 bridgehead atoms. The fourth-order valence-corrected chi connectivity index (χ4v) is 4.26. The first-order chi connectivity index (χ1) is 16.0. The van der Waals surface area contributed by atoms with Crippen LogP contribution in [0.2, 0.25) is 0 Å². The first-order valence-corrected chi connectivity index (χ1v) is 11.0. The van der Waals surface area contributed by atoms with Crippen molar-refractivity contribution >= 4 is 28.2 Å². The Balaban J connectivity index is 1.30. The Hall–Kier alpha value is -3.81. The predicted molar refractivity (Wildman–Crippen MR) is 127 cm³/mol. The average Bonchev–Trinajstić information content (AvgIpc) is 3.13. The van der Waals surface area contributed by atoms with Gasteiger partial charge < -0.3 is 25.1 Å². The molecule has 4 aromatic rings. The molecule has 0 atom stereocenters. The lowest BCUT2D eigenvalue weighted by molar-refractivity contribution is 0.171. The quantitative estimate of drug-likeness (QED) is 0.377. The summed E-state index contributed by atoms with van der Waals surface area (Å²) in [6.45, 7) is 7.61. The van der Waals surface area contributed by atoms with E-state index in [9.17, 15) is 4.39 Å². The van der Waals surface area contributed by atoms with Crippen LogP contribution in [-0.4, -0.2) is 34.7 Å². The van der Waals surface area contributed by atoms with Crippen molar-refractivity contribution in [2.45, 2.75) is 27.2 Å². The highest BCUT2D eigenvalue weighted by atomic mass is 19.1. The summed E-state index contributed by atoms with van der Waals surface area (Å²) in [5.41, 5.74) is 4.60. The summed E-state index contributed by atoms with van der Waals surface area (Å²) in [6.07, 6.45) is 0.740. The number of fused-ring (bicyclic) bond motifs is 2. The van der Waals surface area contributed by atoms with Gasteiger partial charge in [0.15, 0.2) is 11.5 Å². The Labute approximate surface area is 191 Å². The number of hydrogen-bond donors (Lipinski definition) is 3. The molecule has 2 aromatic heterocycles. The number of nitrogens with zero attached hydrogens (tertiary/aromatic N) is 2. The second kappa shape index (κ2) is 8.61. The SMILES string of the molecule is Cc1nc(NCCc2c(C)[nH]c3c(F)ccc(C)c23)cc(Nc2ccc3c(c2)OCCO3)n1. The third-order valence-corrected chi connectivity index (χ3v) is 5.76. The van der Waals surface area contributed by atoms with E-state index in [-0.39, 0.29) is 5.82 Å². The van der Waals surface area contributed by atoms with Crippen molar-refractivity contribution in [2.24, 2.45) is 0 Å². The van der Waals surface area contributed by atoms with Crippen LogP contribution >= 0.6 is 0 Å². The van der Waals surface area contributed by atoms with Gasteiger partial charge in [-0.15, -0.1) is 0 Å². The minimum Gasteiger partial charge on any atom is -0.486 e. The van der Waals surface area contributed by atoms with Crippen LogP contribution < -0.4 is 20.1 Å². The second-order valence-corrected chi connectivity index (χ2v) is 8.19. The number of rotatable bonds is 6. The number of ether oxygens (including phenoxy) is 2. The summed E-state index contributed by atoms with van der Waals surface area (Å²) in [4.78, 5) is 12.2. The number of benzene rings is 2. The van der Waals surface area contributed by atoms with Crippen LogP contribution in [-0.2, 0) is 6.42 Å². The van der Waals surface area contributed by atoms with Crippen molar-refractivity contribution in [3.8, 4) is 11.5 Å². The summed E-state index contributed by atoms with van der Waals surface area (Å²) in [7, 11) is 0. The van der Waals surface area contributed by atoms with Gasteiger partial charge in [0.1, 0.15) is 36.5 Å². The Bertz CT molecular complexity index is 1330. The van der Waals surface area contributed by atoms with Crippen molar-refractivity contribution < 1.29 is 13.9 Å². The molecule has 1 aliphatic rings. The molecule has 8 heteroatoms. The first-order valence-electron chi connectivity index (χ1n) is 11.0. The van der Waals surface area contributed by atoms with Crippen molar-refractivity contribution in [1.29, 1.82) is 0 Å². The van der Waals surface area contributed by atoms with Gasteiger partial charge in [-0.05, 0) is 56.5 Å². The zero-order valence-corrected chi connectivity index (χ0v) is 18.9. The summed E-state index contributed by atoms with van der Waals surface area (Å²) >= 11 is 0. The van der Waals surface area contributed by atoms with Crippen LogP contribution in [0, 0.1) is 26.6 Å². The number of aromatic nitrogens is 3. The Morgan fingerprint density at radius 1 is 0.970 bits per heavy atom. The fourth-order valence-electron chi connectivity index (χ4n) is 4.26. The van der Waals surface area contributed by atoms with E-state index in [0.29, 0.717) is 36.9 Å². The zero-order valence-electron chi connectivity index (χ0n) is 18.9. The molecule has 0 unspecified atom stereocenters. The normalized spacial score (nSPS) is 12.7. The molecule has 0 aliphatic carbocycles. The highest BCUT2D eigenvalue weighted by Gasteiger charge is 2.15. The smallest absolute Gasteiger partial charge is 0.163 e. The van der Waals surface area contributed by atoms with Gasteiger partial charge in [-0.1, -0.05) is 6.07 Å². The predicted octanol–water partition coefficient (Wildman–Crippen LogP) is 5.19. The molecule has 2 aromatic carbocycles. The van der Waals surface area contributed by atoms with Crippen LogP contribution in [0.15, 0.2) is 36.4 Å². The molecule has 3 heterocycles. The number of nitrogens with one attached hydrogen (secondary N) is 3. The maximum absolute atomic E-state index is 14.2. The van der Waals surface area contributed by atoms with E-state index < -0.39 is 0 Å². The lowest BCUT2D eigenvalue weighted by Crippen LogP contribution is -2.15. The molecule has 0 spiro atoms. The Morgan fingerprint density at radius 2 is 1.76 bits per heavy atom. The topological polar surface area (TPSA) is 84.1 Å². The number of anilines is 3. The minimum absolute atomic E-state index is 0.223. The molecule has 3 N–H and O–H groups in total. The van der Waals surface area contributed by atoms with E-state index in [1.807, 2.05) is 51.1 Å². The maximum atomic E-state index is 14.2. The fraction of sp³-hybridized carbons (Fsp3) is 0.280. The highest BCUT2D eigenvalue weighted by Crippen LogP contribution is 2.33. The van der Waals surface area contributed by atoms with Crippen LogP contribution in [0.5, 0.6) is 11.5 Å². The van der Waals surface area contributed by atoms with E-state index >= 15 is 0 Å². The molecule has 0 fully saturated rings. The van der Waals surface area contributed by atoms with Crippen molar-refractivity contribution in [1.82, 2.24) is 15.0 Å². The molecule has 5 rings (SSSR count). The second-order valence-electron chi connectivity index (χ2n) is 8.19. The lowest BCUT2D eigenvalue weighted by atomic mass is 10.0. The van der Waals surface area contributed by atoms with E-state index in [1.165, 1.54) is 6.07 Å². The molecule has 0 radical (unpaired) electrons. The highest BCUT2D eigenvalue weighted by molar-refractivity contribution is 5.88. The first kappa shape index (κ1) is 21.1. The van der Waals surface area contributed by atoms with Gasteiger partial charge in [0.25, 0.3) is 0 Å². The molecule has 7 nitrogen and oxygen atoms in total. The summed E-state index contributed by atoms with van der Waals surface area (Å²) in [5, 5.41) is 7.66. The van der Waals surface area contributed by atoms with Crippen LogP contribution in [0.4, 0.5) is 21.7 Å². The molecule has 170 valence electrons. The molecule has 0 amide bonds. The van der Waals surface area contributed by atoms with E-state index in [2.05, 4.69) is 25.6 Å². The third-order valence-electron chi connectivity index (χ3n) is 5.76. The largest absolute Gasteiger partial charge is 0.486 e. The number of aryl methyl sites for hydroxylation is 3. The van der Waals surface area contributed by atoms with Crippen molar-refractivity contribution in [3.63, 3.8) is 0 Å². The number of H-pyrrole nitrogens is 1. The van der Waals surface area contributed by atoms with Gasteiger partial charge in [0.05, 0.1) is 5.52 Å². The molecule has 0 saturated heterocycles.